The largest absolute Gasteiger partial charge is 0.310 e. The average molecular weight is 295 g/mol. The van der Waals surface area contributed by atoms with Crippen LogP contribution in [0.15, 0.2) is 24.3 Å². The smallest absolute Gasteiger partial charge is 0.0406 e. The predicted molar refractivity (Wildman–Crippen MR) is 87.3 cm³/mol. The van der Waals surface area contributed by atoms with E-state index in [-0.39, 0.29) is 0 Å². The van der Waals surface area contributed by atoms with Gasteiger partial charge in [0.1, 0.15) is 0 Å². The molecule has 2 atom stereocenters. The van der Waals surface area contributed by atoms with Crippen molar-refractivity contribution in [2.45, 2.75) is 45.7 Å². The molecule has 1 aromatic rings. The van der Waals surface area contributed by atoms with Crippen LogP contribution in [0.4, 0.5) is 0 Å². The van der Waals surface area contributed by atoms with Crippen LogP contribution in [0, 0.1) is 5.92 Å². The summed E-state index contributed by atoms with van der Waals surface area (Å²) in [4.78, 5) is 2.58. The molecule has 112 valence electrons. The Bertz CT molecular complexity index is 402. The first kappa shape index (κ1) is 15.8. The second-order valence-electron chi connectivity index (χ2n) is 6.16. The quantitative estimate of drug-likeness (QED) is 0.849. The van der Waals surface area contributed by atoms with Crippen molar-refractivity contribution in [2.24, 2.45) is 5.92 Å². The molecule has 1 aliphatic rings. The van der Waals surface area contributed by atoms with E-state index >= 15 is 0 Å². The highest BCUT2D eigenvalue weighted by Gasteiger charge is 2.24. The number of likely N-dealkylation sites (tertiary alicyclic amines) is 1. The SMILES string of the molecule is CCC(NCC1CCN(C(C)C)C1)c1ccc(Cl)cc1. The van der Waals surface area contributed by atoms with Crippen molar-refractivity contribution >= 4 is 11.6 Å². The summed E-state index contributed by atoms with van der Waals surface area (Å²) < 4.78 is 0. The van der Waals surface area contributed by atoms with Crippen LogP contribution in [0.2, 0.25) is 5.02 Å². The van der Waals surface area contributed by atoms with Crippen LogP contribution >= 0.6 is 11.6 Å². The van der Waals surface area contributed by atoms with Crippen molar-refractivity contribution in [3.63, 3.8) is 0 Å². The van der Waals surface area contributed by atoms with Crippen molar-refractivity contribution in [2.75, 3.05) is 19.6 Å². The highest BCUT2D eigenvalue weighted by atomic mass is 35.5. The molecule has 2 unspecified atom stereocenters. The Kier molecular flexibility index (Phi) is 5.88. The molecular weight excluding hydrogens is 268 g/mol. The van der Waals surface area contributed by atoms with Crippen molar-refractivity contribution < 1.29 is 0 Å². The van der Waals surface area contributed by atoms with Gasteiger partial charge in [0.25, 0.3) is 0 Å². The van der Waals surface area contributed by atoms with Crippen LogP contribution in [-0.2, 0) is 0 Å². The van der Waals surface area contributed by atoms with Gasteiger partial charge in [-0.1, -0.05) is 30.7 Å². The lowest BCUT2D eigenvalue weighted by molar-refractivity contribution is 0.262. The van der Waals surface area contributed by atoms with Gasteiger partial charge in [-0.05, 0) is 63.4 Å². The molecule has 1 aliphatic heterocycles. The minimum absolute atomic E-state index is 0.445. The molecule has 1 fully saturated rings. The van der Waals surface area contributed by atoms with Crippen molar-refractivity contribution in [1.29, 1.82) is 0 Å². The fourth-order valence-electron chi connectivity index (χ4n) is 3.00. The van der Waals surface area contributed by atoms with E-state index < -0.39 is 0 Å². The fourth-order valence-corrected chi connectivity index (χ4v) is 3.13. The maximum absolute atomic E-state index is 5.96. The van der Waals surface area contributed by atoms with Crippen LogP contribution in [0.25, 0.3) is 0 Å². The second-order valence-corrected chi connectivity index (χ2v) is 6.60. The van der Waals surface area contributed by atoms with E-state index in [1.165, 1.54) is 25.1 Å². The van der Waals surface area contributed by atoms with Crippen LogP contribution in [0.1, 0.15) is 45.2 Å². The van der Waals surface area contributed by atoms with Gasteiger partial charge < -0.3 is 10.2 Å². The molecule has 0 aliphatic carbocycles. The zero-order valence-corrected chi connectivity index (χ0v) is 13.7. The first-order valence-electron chi connectivity index (χ1n) is 7.83. The first-order chi connectivity index (χ1) is 9.60. The summed E-state index contributed by atoms with van der Waals surface area (Å²) in [7, 11) is 0. The molecule has 1 aromatic carbocycles. The molecule has 0 radical (unpaired) electrons. The topological polar surface area (TPSA) is 15.3 Å². The summed E-state index contributed by atoms with van der Waals surface area (Å²) in [5, 5.41) is 4.55. The summed E-state index contributed by atoms with van der Waals surface area (Å²) in [5.41, 5.74) is 1.34. The molecule has 20 heavy (non-hydrogen) atoms. The van der Waals surface area contributed by atoms with Crippen LogP contribution < -0.4 is 5.32 Å². The van der Waals surface area contributed by atoms with Crippen molar-refractivity contribution in [3.8, 4) is 0 Å². The van der Waals surface area contributed by atoms with E-state index in [1.807, 2.05) is 12.1 Å². The Labute approximate surface area is 128 Å². The number of hydrogen-bond acceptors (Lipinski definition) is 2. The van der Waals surface area contributed by atoms with E-state index in [0.29, 0.717) is 12.1 Å². The van der Waals surface area contributed by atoms with Gasteiger partial charge in [0, 0.05) is 23.7 Å². The van der Waals surface area contributed by atoms with Gasteiger partial charge in [-0.2, -0.15) is 0 Å². The lowest BCUT2D eigenvalue weighted by Crippen LogP contribution is -2.31. The molecule has 0 saturated carbocycles. The third-order valence-corrected chi connectivity index (χ3v) is 4.63. The number of nitrogens with zero attached hydrogens (tertiary/aromatic N) is 1. The van der Waals surface area contributed by atoms with Crippen molar-refractivity contribution in [3.05, 3.63) is 34.9 Å². The molecule has 0 aromatic heterocycles. The molecule has 0 bridgehead atoms. The van der Waals surface area contributed by atoms with E-state index in [9.17, 15) is 0 Å². The maximum atomic E-state index is 5.96. The molecule has 0 amide bonds. The summed E-state index contributed by atoms with van der Waals surface area (Å²) >= 11 is 5.96. The van der Waals surface area contributed by atoms with Crippen molar-refractivity contribution in [1.82, 2.24) is 10.2 Å². The zero-order valence-electron chi connectivity index (χ0n) is 12.9. The highest BCUT2D eigenvalue weighted by molar-refractivity contribution is 6.30. The standard InChI is InChI=1S/C17H27ClN2/c1-4-17(15-5-7-16(18)8-6-15)19-11-14-9-10-20(12-14)13(2)3/h5-8,13-14,17,19H,4,9-12H2,1-3H3. The minimum atomic E-state index is 0.445. The molecule has 1 N–H and O–H groups in total. The first-order valence-corrected chi connectivity index (χ1v) is 8.20. The molecule has 1 heterocycles. The lowest BCUT2D eigenvalue weighted by Gasteiger charge is -2.22. The third-order valence-electron chi connectivity index (χ3n) is 4.38. The lowest BCUT2D eigenvalue weighted by atomic mass is 10.0. The third kappa shape index (κ3) is 4.21. The second kappa shape index (κ2) is 7.44. The number of halogens is 1. The van der Waals surface area contributed by atoms with Gasteiger partial charge in [0.2, 0.25) is 0 Å². The molecule has 3 heteroatoms. The van der Waals surface area contributed by atoms with Crippen LogP contribution in [0.3, 0.4) is 0 Å². The van der Waals surface area contributed by atoms with Gasteiger partial charge in [0.05, 0.1) is 0 Å². The Balaban J connectivity index is 1.84. The summed E-state index contributed by atoms with van der Waals surface area (Å²) in [6.07, 6.45) is 2.43. The Hall–Kier alpha value is -0.570. The average Bonchev–Trinajstić information content (AvgIpc) is 2.90. The van der Waals surface area contributed by atoms with E-state index in [4.69, 9.17) is 11.6 Å². The molecule has 1 saturated heterocycles. The van der Waals surface area contributed by atoms with E-state index in [2.05, 4.69) is 43.1 Å². The summed E-state index contributed by atoms with van der Waals surface area (Å²) in [6.45, 7) is 10.4. The van der Waals surface area contributed by atoms with Gasteiger partial charge in [-0.15, -0.1) is 0 Å². The molecular formula is C17H27ClN2. The number of benzene rings is 1. The predicted octanol–water partition coefficient (Wildman–Crippen LogP) is 4.11. The minimum Gasteiger partial charge on any atom is -0.310 e. The number of hydrogen-bond donors (Lipinski definition) is 1. The molecule has 2 rings (SSSR count). The Morgan fingerprint density at radius 3 is 2.55 bits per heavy atom. The highest BCUT2D eigenvalue weighted by Crippen LogP contribution is 2.22. The zero-order chi connectivity index (χ0) is 14.5. The normalized spacial score (nSPS) is 21.6. The van der Waals surface area contributed by atoms with E-state index in [1.54, 1.807) is 0 Å². The van der Waals surface area contributed by atoms with Gasteiger partial charge >= 0.3 is 0 Å². The van der Waals surface area contributed by atoms with Gasteiger partial charge in [-0.3, -0.25) is 0 Å². The Morgan fingerprint density at radius 2 is 2.00 bits per heavy atom. The fraction of sp³-hybridized carbons (Fsp3) is 0.647. The van der Waals surface area contributed by atoms with E-state index in [0.717, 1.165) is 23.9 Å². The molecule has 2 nitrogen and oxygen atoms in total. The summed E-state index contributed by atoms with van der Waals surface area (Å²) in [6, 6.07) is 9.37. The number of nitrogens with one attached hydrogen (secondary N) is 1. The Morgan fingerprint density at radius 1 is 1.30 bits per heavy atom. The number of rotatable bonds is 6. The van der Waals surface area contributed by atoms with Gasteiger partial charge in [0.15, 0.2) is 0 Å². The summed E-state index contributed by atoms with van der Waals surface area (Å²) in [5.74, 6) is 0.791. The van der Waals surface area contributed by atoms with Gasteiger partial charge in [-0.25, -0.2) is 0 Å². The molecule has 0 spiro atoms. The monoisotopic (exact) mass is 294 g/mol. The van der Waals surface area contributed by atoms with Crippen LogP contribution in [-0.4, -0.2) is 30.6 Å². The van der Waals surface area contributed by atoms with Crippen LogP contribution in [0.5, 0.6) is 0 Å². The maximum Gasteiger partial charge on any atom is 0.0406 e.